The van der Waals surface area contributed by atoms with Gasteiger partial charge >= 0.3 is 0 Å². The third-order valence-electron chi connectivity index (χ3n) is 2.90. The smallest absolute Gasteiger partial charge is 0.221 e. The van der Waals surface area contributed by atoms with Gasteiger partial charge in [0.25, 0.3) is 0 Å². The van der Waals surface area contributed by atoms with Crippen LogP contribution < -0.4 is 5.32 Å². The van der Waals surface area contributed by atoms with E-state index in [1.165, 1.54) is 0 Å². The second-order valence-corrected chi connectivity index (χ2v) is 3.90. The minimum atomic E-state index is 0.193. The Morgan fingerprint density at radius 2 is 2.38 bits per heavy atom. The van der Waals surface area contributed by atoms with Gasteiger partial charge < -0.3 is 5.32 Å². The Bertz CT molecular complexity index is 182. The van der Waals surface area contributed by atoms with Gasteiger partial charge in [0.05, 0.1) is 0 Å². The van der Waals surface area contributed by atoms with Crippen molar-refractivity contribution in [2.45, 2.75) is 45.7 Å². The zero-order chi connectivity index (χ0) is 9.84. The fourth-order valence-corrected chi connectivity index (χ4v) is 1.89. The lowest BCUT2D eigenvalue weighted by Crippen LogP contribution is -2.40. The molecule has 1 heterocycles. The van der Waals surface area contributed by atoms with Crippen LogP contribution in [0, 0.1) is 0 Å². The van der Waals surface area contributed by atoms with Gasteiger partial charge in [-0.3, -0.25) is 9.69 Å². The molecule has 3 heteroatoms. The Morgan fingerprint density at radius 1 is 1.69 bits per heavy atom. The Morgan fingerprint density at radius 3 is 3.00 bits per heavy atom. The summed E-state index contributed by atoms with van der Waals surface area (Å²) in [7, 11) is 0. The summed E-state index contributed by atoms with van der Waals surface area (Å²) >= 11 is 0. The minimum absolute atomic E-state index is 0.193. The number of amides is 1. The van der Waals surface area contributed by atoms with Crippen LogP contribution in [0.3, 0.4) is 0 Å². The largest absolute Gasteiger partial charge is 0.355 e. The highest BCUT2D eigenvalue weighted by Gasteiger charge is 2.23. The van der Waals surface area contributed by atoms with E-state index in [2.05, 4.69) is 31.0 Å². The molecule has 1 rings (SSSR count). The number of hydrogen-bond acceptors (Lipinski definition) is 2. The molecule has 13 heavy (non-hydrogen) atoms. The van der Waals surface area contributed by atoms with Crippen molar-refractivity contribution in [2.24, 2.45) is 0 Å². The van der Waals surface area contributed by atoms with Crippen molar-refractivity contribution < 1.29 is 4.79 Å². The maximum Gasteiger partial charge on any atom is 0.221 e. The third kappa shape index (κ3) is 2.69. The van der Waals surface area contributed by atoms with E-state index < -0.39 is 0 Å². The van der Waals surface area contributed by atoms with Gasteiger partial charge in [0, 0.05) is 31.6 Å². The zero-order valence-corrected chi connectivity index (χ0v) is 8.84. The van der Waals surface area contributed by atoms with E-state index in [0.717, 1.165) is 19.5 Å². The number of hydrogen-bond donors (Lipinski definition) is 1. The summed E-state index contributed by atoms with van der Waals surface area (Å²) in [5, 5.41) is 2.90. The topological polar surface area (TPSA) is 32.3 Å². The summed E-state index contributed by atoms with van der Waals surface area (Å²) in [4.78, 5) is 13.6. The van der Waals surface area contributed by atoms with Gasteiger partial charge in [0.15, 0.2) is 0 Å². The van der Waals surface area contributed by atoms with Crippen molar-refractivity contribution in [1.29, 1.82) is 0 Å². The summed E-state index contributed by atoms with van der Waals surface area (Å²) in [5.74, 6) is 0.193. The van der Waals surface area contributed by atoms with Gasteiger partial charge in [0.1, 0.15) is 0 Å². The van der Waals surface area contributed by atoms with E-state index in [-0.39, 0.29) is 5.91 Å². The lowest BCUT2D eigenvalue weighted by atomic mass is 10.1. The van der Waals surface area contributed by atoms with Crippen LogP contribution in [0.5, 0.6) is 0 Å². The molecule has 0 aromatic carbocycles. The molecule has 0 bridgehead atoms. The first-order chi connectivity index (χ1) is 6.15. The Hall–Kier alpha value is -0.570. The fourth-order valence-electron chi connectivity index (χ4n) is 1.89. The second-order valence-electron chi connectivity index (χ2n) is 3.90. The van der Waals surface area contributed by atoms with Gasteiger partial charge in [-0.15, -0.1) is 0 Å². The van der Waals surface area contributed by atoms with E-state index in [1.807, 2.05) is 0 Å². The van der Waals surface area contributed by atoms with E-state index in [9.17, 15) is 4.79 Å². The van der Waals surface area contributed by atoms with Crippen molar-refractivity contribution >= 4 is 5.91 Å². The minimum Gasteiger partial charge on any atom is -0.355 e. The lowest BCUT2D eigenvalue weighted by Gasteiger charge is -2.31. The fraction of sp³-hybridized carbons (Fsp3) is 0.900. The predicted molar refractivity (Wildman–Crippen MR) is 53.5 cm³/mol. The molecule has 0 aromatic heterocycles. The first kappa shape index (κ1) is 10.5. The van der Waals surface area contributed by atoms with Crippen molar-refractivity contribution in [1.82, 2.24) is 10.2 Å². The Labute approximate surface area is 80.5 Å². The van der Waals surface area contributed by atoms with Crippen LogP contribution in [0.4, 0.5) is 0 Å². The SMILES string of the molecule is CCC(C)N1CCNC(=O)CC1C. The molecule has 1 fully saturated rings. The van der Waals surface area contributed by atoms with Crippen LogP contribution >= 0.6 is 0 Å². The second kappa shape index (κ2) is 4.61. The summed E-state index contributed by atoms with van der Waals surface area (Å²) < 4.78 is 0. The molecule has 2 unspecified atom stereocenters. The van der Waals surface area contributed by atoms with Gasteiger partial charge in [-0.2, -0.15) is 0 Å². The maximum absolute atomic E-state index is 11.2. The van der Waals surface area contributed by atoms with E-state index in [1.54, 1.807) is 0 Å². The van der Waals surface area contributed by atoms with E-state index >= 15 is 0 Å². The summed E-state index contributed by atoms with van der Waals surface area (Å²) in [6.45, 7) is 8.34. The average Bonchev–Trinajstić information content (AvgIpc) is 2.25. The van der Waals surface area contributed by atoms with Gasteiger partial charge in [-0.25, -0.2) is 0 Å². The highest BCUT2D eigenvalue weighted by Crippen LogP contribution is 2.12. The van der Waals surface area contributed by atoms with Gasteiger partial charge in [0.2, 0.25) is 5.91 Å². The molecule has 1 amide bonds. The first-order valence-electron chi connectivity index (χ1n) is 5.17. The molecule has 0 aliphatic carbocycles. The molecule has 2 atom stereocenters. The molecule has 0 aromatic rings. The monoisotopic (exact) mass is 184 g/mol. The molecule has 0 spiro atoms. The molecule has 1 N–H and O–H groups in total. The van der Waals surface area contributed by atoms with Crippen molar-refractivity contribution in [3.8, 4) is 0 Å². The van der Waals surface area contributed by atoms with Crippen LogP contribution in [0.2, 0.25) is 0 Å². The number of nitrogens with zero attached hydrogens (tertiary/aromatic N) is 1. The van der Waals surface area contributed by atoms with Crippen LogP contribution in [-0.4, -0.2) is 36.0 Å². The number of carbonyl (C=O) groups excluding carboxylic acids is 1. The Kier molecular flexibility index (Phi) is 3.72. The molecular weight excluding hydrogens is 164 g/mol. The summed E-state index contributed by atoms with van der Waals surface area (Å²) in [5.41, 5.74) is 0. The first-order valence-corrected chi connectivity index (χ1v) is 5.17. The molecule has 1 saturated heterocycles. The molecule has 1 aliphatic heterocycles. The van der Waals surface area contributed by atoms with Gasteiger partial charge in [-0.05, 0) is 20.3 Å². The number of carbonyl (C=O) groups is 1. The lowest BCUT2D eigenvalue weighted by molar-refractivity contribution is -0.121. The van der Waals surface area contributed by atoms with Crippen LogP contribution in [-0.2, 0) is 4.79 Å². The summed E-state index contributed by atoms with van der Waals surface area (Å²) in [6, 6.07) is 0.972. The van der Waals surface area contributed by atoms with E-state index in [4.69, 9.17) is 0 Å². The van der Waals surface area contributed by atoms with Crippen LogP contribution in [0.1, 0.15) is 33.6 Å². The van der Waals surface area contributed by atoms with E-state index in [0.29, 0.717) is 18.5 Å². The summed E-state index contributed by atoms with van der Waals surface area (Å²) in [6.07, 6.45) is 1.79. The molecule has 0 radical (unpaired) electrons. The predicted octanol–water partition coefficient (Wildman–Crippen LogP) is 0.995. The average molecular weight is 184 g/mol. The van der Waals surface area contributed by atoms with Crippen molar-refractivity contribution in [2.75, 3.05) is 13.1 Å². The molecule has 3 nitrogen and oxygen atoms in total. The quantitative estimate of drug-likeness (QED) is 0.694. The normalized spacial score (nSPS) is 27.9. The van der Waals surface area contributed by atoms with Crippen LogP contribution in [0.15, 0.2) is 0 Å². The molecule has 76 valence electrons. The molecule has 1 aliphatic rings. The molecule has 0 saturated carbocycles. The zero-order valence-electron chi connectivity index (χ0n) is 8.84. The Balaban J connectivity index is 2.57. The standard InChI is InChI=1S/C10H20N2O/c1-4-8(2)12-6-5-11-10(13)7-9(12)3/h8-9H,4-7H2,1-3H3,(H,11,13). The van der Waals surface area contributed by atoms with Crippen molar-refractivity contribution in [3.63, 3.8) is 0 Å². The number of rotatable bonds is 2. The highest BCUT2D eigenvalue weighted by atomic mass is 16.1. The third-order valence-corrected chi connectivity index (χ3v) is 2.90. The van der Waals surface area contributed by atoms with Gasteiger partial charge in [-0.1, -0.05) is 6.92 Å². The maximum atomic E-state index is 11.2. The highest BCUT2D eigenvalue weighted by molar-refractivity contribution is 5.76. The molecular formula is C10H20N2O. The number of nitrogens with one attached hydrogen (secondary N) is 1. The van der Waals surface area contributed by atoms with Crippen molar-refractivity contribution in [3.05, 3.63) is 0 Å². The van der Waals surface area contributed by atoms with Crippen LogP contribution in [0.25, 0.3) is 0 Å².